The zero-order chi connectivity index (χ0) is 21.4. The average molecular weight is 460 g/mol. The Labute approximate surface area is 184 Å². The van der Waals surface area contributed by atoms with Gasteiger partial charge in [-0.15, -0.1) is 11.3 Å². The third-order valence-corrected chi connectivity index (χ3v) is 8.15. The van der Waals surface area contributed by atoms with Crippen molar-refractivity contribution < 1.29 is 22.7 Å². The number of carbonyl (C=O) groups is 1. The number of piperazine rings is 1. The molecule has 0 atom stereocenters. The van der Waals surface area contributed by atoms with Crippen LogP contribution in [0.3, 0.4) is 0 Å². The fraction of sp³-hybridized carbons (Fsp3) is 0.333. The molecule has 1 aromatic heterocycles. The fourth-order valence-corrected chi connectivity index (χ4v) is 5.91. The Balaban J connectivity index is 1.29. The standard InChI is InChI=1S/C21H21N3O5S2/c25-21(15-2-4-17-20(12-15)30-14-22-17)23-6-8-24(9-7-23)31(26,27)16-3-5-18-19(13-16)29-11-1-10-28-18/h2-5,12-14H,1,6-11H2. The first-order chi connectivity index (χ1) is 15.0. The normalized spacial score (nSPS) is 17.5. The molecule has 0 bridgehead atoms. The first-order valence-corrected chi connectivity index (χ1v) is 12.4. The number of hydrogen-bond donors (Lipinski definition) is 0. The Morgan fingerprint density at radius 1 is 0.968 bits per heavy atom. The molecule has 10 heteroatoms. The second-order valence-corrected chi connectivity index (χ2v) is 10.2. The number of amides is 1. The summed E-state index contributed by atoms with van der Waals surface area (Å²) in [6.07, 6.45) is 0.753. The highest BCUT2D eigenvalue weighted by Gasteiger charge is 2.31. The Morgan fingerprint density at radius 2 is 1.74 bits per heavy atom. The van der Waals surface area contributed by atoms with E-state index in [4.69, 9.17) is 9.47 Å². The molecule has 2 aliphatic rings. The van der Waals surface area contributed by atoms with Crippen molar-refractivity contribution >= 4 is 37.5 Å². The fourth-order valence-electron chi connectivity index (χ4n) is 3.76. The average Bonchev–Trinajstić information content (AvgIpc) is 3.14. The maximum absolute atomic E-state index is 13.1. The van der Waals surface area contributed by atoms with Gasteiger partial charge >= 0.3 is 0 Å². The summed E-state index contributed by atoms with van der Waals surface area (Å²) in [5.41, 5.74) is 3.21. The molecule has 1 fully saturated rings. The molecule has 0 saturated carbocycles. The van der Waals surface area contributed by atoms with Gasteiger partial charge in [0, 0.05) is 44.2 Å². The van der Waals surface area contributed by atoms with Crippen LogP contribution in [0, 0.1) is 0 Å². The second-order valence-electron chi connectivity index (χ2n) is 7.39. The van der Waals surface area contributed by atoms with E-state index in [2.05, 4.69) is 4.98 Å². The molecular formula is C21H21N3O5S2. The summed E-state index contributed by atoms with van der Waals surface area (Å²) in [4.78, 5) is 19.0. The van der Waals surface area contributed by atoms with E-state index in [-0.39, 0.29) is 23.9 Å². The minimum atomic E-state index is -3.69. The van der Waals surface area contributed by atoms with Gasteiger partial charge in [0.15, 0.2) is 11.5 Å². The number of thiazole rings is 1. The number of ether oxygens (including phenoxy) is 2. The van der Waals surface area contributed by atoms with Crippen LogP contribution < -0.4 is 9.47 Å². The van der Waals surface area contributed by atoms with Gasteiger partial charge in [0.25, 0.3) is 5.91 Å². The lowest BCUT2D eigenvalue weighted by Crippen LogP contribution is -2.50. The van der Waals surface area contributed by atoms with Gasteiger partial charge in [-0.1, -0.05) is 0 Å². The van der Waals surface area contributed by atoms with E-state index in [0.29, 0.717) is 43.4 Å². The van der Waals surface area contributed by atoms with Gasteiger partial charge in [-0.25, -0.2) is 13.4 Å². The smallest absolute Gasteiger partial charge is 0.253 e. The molecular weight excluding hydrogens is 438 g/mol. The summed E-state index contributed by atoms with van der Waals surface area (Å²) >= 11 is 1.49. The Kier molecular flexibility index (Phi) is 5.28. The van der Waals surface area contributed by atoms with Crippen molar-refractivity contribution in [3.8, 4) is 11.5 Å². The van der Waals surface area contributed by atoms with Gasteiger partial charge in [0.2, 0.25) is 10.0 Å². The van der Waals surface area contributed by atoms with Crippen molar-refractivity contribution in [3.05, 3.63) is 47.5 Å². The van der Waals surface area contributed by atoms with Crippen LogP contribution >= 0.6 is 11.3 Å². The number of sulfonamides is 1. The lowest BCUT2D eigenvalue weighted by Gasteiger charge is -2.34. The van der Waals surface area contributed by atoms with Crippen molar-refractivity contribution in [2.24, 2.45) is 0 Å². The second kappa shape index (κ2) is 8.10. The molecule has 0 N–H and O–H groups in total. The van der Waals surface area contributed by atoms with Gasteiger partial charge in [-0.3, -0.25) is 4.79 Å². The number of nitrogens with zero attached hydrogens (tertiary/aromatic N) is 3. The highest BCUT2D eigenvalue weighted by atomic mass is 32.2. The molecule has 0 unspecified atom stereocenters. The Morgan fingerprint density at radius 3 is 2.55 bits per heavy atom. The molecule has 162 valence electrons. The molecule has 5 rings (SSSR count). The van der Waals surface area contributed by atoms with Crippen molar-refractivity contribution in [1.82, 2.24) is 14.2 Å². The van der Waals surface area contributed by atoms with E-state index >= 15 is 0 Å². The van der Waals surface area contributed by atoms with Gasteiger partial charge in [-0.2, -0.15) is 4.31 Å². The van der Waals surface area contributed by atoms with Crippen molar-refractivity contribution in [3.63, 3.8) is 0 Å². The number of aromatic nitrogens is 1. The van der Waals surface area contributed by atoms with Crippen LogP contribution in [0.25, 0.3) is 10.2 Å². The van der Waals surface area contributed by atoms with Crippen LogP contribution in [-0.2, 0) is 10.0 Å². The summed E-state index contributed by atoms with van der Waals surface area (Å²) in [6.45, 7) is 2.19. The van der Waals surface area contributed by atoms with Gasteiger partial charge in [0.05, 0.1) is 33.8 Å². The first-order valence-electron chi connectivity index (χ1n) is 10.0. The van der Waals surface area contributed by atoms with Crippen LogP contribution in [0.2, 0.25) is 0 Å². The van der Waals surface area contributed by atoms with Crippen molar-refractivity contribution in [2.75, 3.05) is 39.4 Å². The van der Waals surface area contributed by atoms with Crippen molar-refractivity contribution in [2.45, 2.75) is 11.3 Å². The summed E-state index contributed by atoms with van der Waals surface area (Å²) in [7, 11) is -3.69. The molecule has 3 aromatic rings. The Hall–Kier alpha value is -2.69. The molecule has 31 heavy (non-hydrogen) atoms. The van der Waals surface area contributed by atoms with Crippen LogP contribution in [0.1, 0.15) is 16.8 Å². The Bertz CT molecular complexity index is 1230. The van der Waals surface area contributed by atoms with E-state index in [1.807, 2.05) is 12.1 Å². The van der Waals surface area contributed by atoms with Crippen LogP contribution in [0.4, 0.5) is 0 Å². The molecule has 2 aromatic carbocycles. The predicted molar refractivity (Wildman–Crippen MR) is 116 cm³/mol. The summed E-state index contributed by atoms with van der Waals surface area (Å²) in [5, 5.41) is 0. The van der Waals surface area contributed by atoms with E-state index < -0.39 is 10.0 Å². The molecule has 1 saturated heterocycles. The third-order valence-electron chi connectivity index (χ3n) is 5.46. The molecule has 1 amide bonds. The molecule has 0 spiro atoms. The number of hydrogen-bond acceptors (Lipinski definition) is 7. The van der Waals surface area contributed by atoms with Crippen molar-refractivity contribution in [1.29, 1.82) is 0 Å². The molecule has 3 heterocycles. The lowest BCUT2D eigenvalue weighted by molar-refractivity contribution is 0.0698. The first kappa shape index (κ1) is 20.2. The number of rotatable bonds is 3. The maximum Gasteiger partial charge on any atom is 0.253 e. The highest BCUT2D eigenvalue weighted by molar-refractivity contribution is 7.89. The number of carbonyl (C=O) groups excluding carboxylic acids is 1. The van der Waals surface area contributed by atoms with E-state index in [1.54, 1.807) is 28.6 Å². The van der Waals surface area contributed by atoms with Crippen LogP contribution in [0.5, 0.6) is 11.5 Å². The zero-order valence-corrected chi connectivity index (χ0v) is 18.3. The monoisotopic (exact) mass is 459 g/mol. The number of benzene rings is 2. The molecule has 8 nitrogen and oxygen atoms in total. The molecule has 0 radical (unpaired) electrons. The van der Waals surface area contributed by atoms with E-state index in [9.17, 15) is 13.2 Å². The highest BCUT2D eigenvalue weighted by Crippen LogP contribution is 2.33. The summed E-state index contributed by atoms with van der Waals surface area (Å²) in [5.74, 6) is 0.915. The van der Waals surface area contributed by atoms with Gasteiger partial charge < -0.3 is 14.4 Å². The topological polar surface area (TPSA) is 89.0 Å². The number of fused-ring (bicyclic) bond motifs is 2. The van der Waals surface area contributed by atoms with Gasteiger partial charge in [0.1, 0.15) is 0 Å². The maximum atomic E-state index is 13.1. The predicted octanol–water partition coefficient (Wildman–Crippen LogP) is 2.60. The van der Waals surface area contributed by atoms with E-state index in [1.165, 1.54) is 21.7 Å². The SMILES string of the molecule is O=C(c1ccc2ncsc2c1)N1CCN(S(=O)(=O)c2ccc3c(c2)OCCCO3)CC1. The molecule has 2 aliphatic heterocycles. The van der Waals surface area contributed by atoms with Crippen LogP contribution in [0.15, 0.2) is 46.8 Å². The largest absolute Gasteiger partial charge is 0.490 e. The minimum absolute atomic E-state index is 0.0945. The summed E-state index contributed by atoms with van der Waals surface area (Å²) in [6, 6.07) is 10.2. The third kappa shape index (κ3) is 3.86. The zero-order valence-electron chi connectivity index (χ0n) is 16.7. The van der Waals surface area contributed by atoms with Gasteiger partial charge in [-0.05, 0) is 30.3 Å². The quantitative estimate of drug-likeness (QED) is 0.598. The minimum Gasteiger partial charge on any atom is -0.490 e. The van der Waals surface area contributed by atoms with Crippen LogP contribution in [-0.4, -0.2) is 67.9 Å². The molecule has 0 aliphatic carbocycles. The lowest BCUT2D eigenvalue weighted by atomic mass is 10.2. The van der Waals surface area contributed by atoms with E-state index in [0.717, 1.165) is 16.6 Å². The summed E-state index contributed by atoms with van der Waals surface area (Å²) < 4.78 is 39.9.